The van der Waals surface area contributed by atoms with Crippen molar-refractivity contribution < 1.29 is 62.9 Å². The van der Waals surface area contributed by atoms with Crippen molar-refractivity contribution in [2.24, 2.45) is 0 Å². The predicted molar refractivity (Wildman–Crippen MR) is 99.1 cm³/mol. The molecule has 0 unspecified atom stereocenters. The Labute approximate surface area is 175 Å². The summed E-state index contributed by atoms with van der Waals surface area (Å²) in [6, 6.07) is -1.11. The van der Waals surface area contributed by atoms with E-state index in [9.17, 15) is 15.3 Å². The highest BCUT2D eigenvalue weighted by molar-refractivity contribution is 4.96. The Balaban J connectivity index is 1.76. The molecule has 2 aliphatic heterocycles. The molecule has 0 aromatic carbocycles. The zero-order chi connectivity index (χ0) is 22.2. The Morgan fingerprint density at radius 1 is 0.800 bits per heavy atom. The van der Waals surface area contributed by atoms with Gasteiger partial charge in [-0.25, -0.2) is 0 Å². The fraction of sp³-hybridized carbons (Fsp3) is 1.00. The lowest BCUT2D eigenvalue weighted by Crippen LogP contribution is -2.83. The highest BCUT2D eigenvalue weighted by Crippen LogP contribution is 2.30. The Morgan fingerprint density at radius 3 is 2.13 bits per heavy atom. The number of quaternary nitrogens is 5. The van der Waals surface area contributed by atoms with E-state index in [1.165, 1.54) is 0 Å². The average molecular weight is 441 g/mol. The maximum absolute atomic E-state index is 10.8. The second-order valence-corrected chi connectivity index (χ2v) is 9.06. The van der Waals surface area contributed by atoms with E-state index in [0.29, 0.717) is 13.0 Å². The summed E-state index contributed by atoms with van der Waals surface area (Å²) < 4.78 is 24.1. The van der Waals surface area contributed by atoms with E-state index >= 15 is 0 Å². The summed E-state index contributed by atoms with van der Waals surface area (Å²) >= 11 is 0. The van der Waals surface area contributed by atoms with Crippen LogP contribution in [-0.4, -0.2) is 101 Å². The molecular formula is C18H42N5O7+5. The van der Waals surface area contributed by atoms with Crippen LogP contribution in [0.4, 0.5) is 0 Å². The molecule has 30 heavy (non-hydrogen) atoms. The van der Waals surface area contributed by atoms with Crippen LogP contribution in [0.15, 0.2) is 0 Å². The van der Waals surface area contributed by atoms with Crippen LogP contribution in [0.3, 0.4) is 0 Å². The molecule has 0 radical (unpaired) electrons. The Hall–Kier alpha value is -0.480. The monoisotopic (exact) mass is 440 g/mol. The van der Waals surface area contributed by atoms with Crippen molar-refractivity contribution in [3.63, 3.8) is 0 Å². The van der Waals surface area contributed by atoms with Crippen molar-refractivity contribution in [3.8, 4) is 0 Å². The molecule has 0 bridgehead atoms. The first-order chi connectivity index (χ1) is 14.1. The number of ether oxygens (including phenoxy) is 4. The van der Waals surface area contributed by atoms with Gasteiger partial charge >= 0.3 is 0 Å². The maximum atomic E-state index is 10.8. The van der Waals surface area contributed by atoms with Gasteiger partial charge in [0.15, 0.2) is 6.29 Å². The van der Waals surface area contributed by atoms with Crippen molar-refractivity contribution in [2.75, 3.05) is 6.54 Å². The SMILES string of the molecule is C[C@H]1O[C@@H](O[C@@H]2[C@@H](O)[C@H]([NH3+])C[C@H]([NH3+])[C@H]2O[C@H]2O[C@H](C[NH3+])CC[C@H]2[NH3+])[C@H](O)[C@@H](O)[C@@H]1[NH3+]. The van der Waals surface area contributed by atoms with E-state index in [0.717, 1.165) is 12.8 Å². The minimum Gasteiger partial charge on any atom is -0.385 e. The topological polar surface area (TPSA) is 236 Å². The summed E-state index contributed by atoms with van der Waals surface area (Å²) in [4.78, 5) is 0. The van der Waals surface area contributed by atoms with Crippen molar-refractivity contribution in [3.05, 3.63) is 0 Å². The number of hydrogen-bond donors (Lipinski definition) is 8. The van der Waals surface area contributed by atoms with Gasteiger partial charge in [0.1, 0.15) is 73.4 Å². The maximum Gasteiger partial charge on any atom is 0.211 e. The molecule has 0 spiro atoms. The van der Waals surface area contributed by atoms with Gasteiger partial charge in [-0.1, -0.05) is 0 Å². The molecule has 1 aliphatic carbocycles. The van der Waals surface area contributed by atoms with Crippen LogP contribution in [0.2, 0.25) is 0 Å². The third-order valence-electron chi connectivity index (χ3n) is 6.71. The summed E-state index contributed by atoms with van der Waals surface area (Å²) in [7, 11) is 0. The molecule has 0 amide bonds. The van der Waals surface area contributed by atoms with Gasteiger partial charge in [-0.3, -0.25) is 0 Å². The summed E-state index contributed by atoms with van der Waals surface area (Å²) in [5.74, 6) is 0. The molecule has 2 heterocycles. The first-order valence-electron chi connectivity index (χ1n) is 10.9. The second kappa shape index (κ2) is 9.98. The van der Waals surface area contributed by atoms with Gasteiger partial charge in [-0.2, -0.15) is 0 Å². The number of rotatable bonds is 5. The van der Waals surface area contributed by atoms with E-state index < -0.39 is 55.2 Å². The average Bonchev–Trinajstić information content (AvgIpc) is 2.72. The largest absolute Gasteiger partial charge is 0.385 e. The van der Waals surface area contributed by atoms with Gasteiger partial charge in [0.25, 0.3) is 0 Å². The Kier molecular flexibility index (Phi) is 8.04. The first kappa shape index (κ1) is 24.2. The lowest BCUT2D eigenvalue weighted by atomic mass is 9.84. The van der Waals surface area contributed by atoms with Gasteiger partial charge in [-0.05, 0) is 13.3 Å². The molecule has 0 aromatic rings. The van der Waals surface area contributed by atoms with Crippen molar-refractivity contribution >= 4 is 0 Å². The van der Waals surface area contributed by atoms with Crippen LogP contribution in [0.5, 0.6) is 0 Å². The summed E-state index contributed by atoms with van der Waals surface area (Å²) in [5.41, 5.74) is 20.1. The summed E-state index contributed by atoms with van der Waals surface area (Å²) in [6.07, 6.45) is -4.68. The van der Waals surface area contributed by atoms with Crippen LogP contribution in [0, 0.1) is 0 Å². The smallest absolute Gasteiger partial charge is 0.211 e. The van der Waals surface area contributed by atoms with E-state index in [4.69, 9.17) is 18.9 Å². The Morgan fingerprint density at radius 2 is 1.47 bits per heavy atom. The molecule has 12 nitrogen and oxygen atoms in total. The minimum absolute atomic E-state index is 0.00165. The van der Waals surface area contributed by atoms with E-state index in [1.807, 2.05) is 0 Å². The molecule has 3 fully saturated rings. The zero-order valence-corrected chi connectivity index (χ0v) is 17.8. The van der Waals surface area contributed by atoms with Crippen LogP contribution in [0.1, 0.15) is 26.2 Å². The molecule has 176 valence electrons. The molecule has 13 atom stereocenters. The van der Waals surface area contributed by atoms with Crippen molar-refractivity contribution in [1.29, 1.82) is 0 Å². The molecule has 1 saturated carbocycles. The van der Waals surface area contributed by atoms with Gasteiger partial charge in [0, 0.05) is 6.42 Å². The molecule has 2 saturated heterocycles. The molecule has 12 heteroatoms. The molecule has 0 aromatic heterocycles. The van der Waals surface area contributed by atoms with E-state index in [1.54, 1.807) is 6.92 Å². The van der Waals surface area contributed by atoms with Gasteiger partial charge in [0.05, 0.1) is 6.42 Å². The van der Waals surface area contributed by atoms with Gasteiger partial charge in [0.2, 0.25) is 6.29 Å². The lowest BCUT2D eigenvalue weighted by molar-refractivity contribution is -0.530. The van der Waals surface area contributed by atoms with Crippen LogP contribution >= 0.6 is 0 Å². The van der Waals surface area contributed by atoms with Crippen molar-refractivity contribution in [1.82, 2.24) is 0 Å². The number of aliphatic hydroxyl groups is 3. The third kappa shape index (κ3) is 4.95. The molecule has 3 rings (SSSR count). The highest BCUT2D eigenvalue weighted by atomic mass is 16.7. The number of hydrogen-bond acceptors (Lipinski definition) is 7. The molecule has 3 aliphatic rings. The number of aliphatic hydroxyl groups excluding tert-OH is 3. The Bertz CT molecular complexity index is 563. The fourth-order valence-electron chi connectivity index (χ4n) is 4.51. The standard InChI is InChI=1S/C18H37N5O7/c1-6-11(23)13(25)14(26)18(27-6)30-16-12(24)9(21)4-10(22)15(16)29-17-8(20)3-2-7(5-19)28-17/h6-18,24-26H,2-5,19-23H2,1H3/p+5/t6-,7+,8-,9-,10+,11-,12+,13+,14-,15-,16-,17-,18+/m1/s1. The van der Waals surface area contributed by atoms with Crippen molar-refractivity contribution in [2.45, 2.75) is 106 Å². The second-order valence-electron chi connectivity index (χ2n) is 9.06. The lowest BCUT2D eigenvalue weighted by Gasteiger charge is -2.45. The summed E-state index contributed by atoms with van der Waals surface area (Å²) in [6.45, 7) is 2.39. The van der Waals surface area contributed by atoms with Gasteiger partial charge in [-0.15, -0.1) is 0 Å². The normalized spacial score (nSPS) is 52.9. The zero-order valence-electron chi connectivity index (χ0n) is 17.8. The quantitative estimate of drug-likeness (QED) is 0.205. The van der Waals surface area contributed by atoms with E-state index in [2.05, 4.69) is 28.7 Å². The minimum atomic E-state index is -1.30. The van der Waals surface area contributed by atoms with Crippen LogP contribution < -0.4 is 28.7 Å². The van der Waals surface area contributed by atoms with Gasteiger partial charge < -0.3 is 62.9 Å². The van der Waals surface area contributed by atoms with E-state index in [-0.39, 0.29) is 24.2 Å². The van der Waals surface area contributed by atoms with Crippen LogP contribution in [0.25, 0.3) is 0 Å². The fourth-order valence-corrected chi connectivity index (χ4v) is 4.51. The molecule has 18 N–H and O–H groups in total. The first-order valence-corrected chi connectivity index (χ1v) is 10.9. The van der Waals surface area contributed by atoms with Crippen LogP contribution in [-0.2, 0) is 18.9 Å². The highest BCUT2D eigenvalue weighted by Gasteiger charge is 2.53. The molecular weight excluding hydrogens is 398 g/mol. The predicted octanol–water partition coefficient (Wildman–Crippen LogP) is -7.82. The third-order valence-corrected chi connectivity index (χ3v) is 6.71. The summed E-state index contributed by atoms with van der Waals surface area (Å²) in [5, 5.41) is 31.6.